The lowest BCUT2D eigenvalue weighted by atomic mass is 10.2. The lowest BCUT2D eigenvalue weighted by molar-refractivity contribution is -0.120. The molecule has 1 aliphatic heterocycles. The van der Waals surface area contributed by atoms with E-state index in [4.69, 9.17) is 9.47 Å². The Morgan fingerprint density at radius 2 is 2.04 bits per heavy atom. The summed E-state index contributed by atoms with van der Waals surface area (Å²) in [4.78, 5) is 23.4. The van der Waals surface area contributed by atoms with Gasteiger partial charge in [-0.3, -0.25) is 9.59 Å². The number of benzene rings is 1. The third kappa shape index (κ3) is 5.90. The maximum atomic E-state index is 11.9. The van der Waals surface area contributed by atoms with E-state index in [9.17, 15) is 9.59 Å². The van der Waals surface area contributed by atoms with Gasteiger partial charge in [-0.1, -0.05) is 6.92 Å². The highest BCUT2D eigenvalue weighted by Crippen LogP contribution is 2.16. The summed E-state index contributed by atoms with van der Waals surface area (Å²) in [6.45, 7) is 3.91. The number of ether oxygens (including phenoxy) is 2. The Bertz CT molecular complexity index is 510. The molecule has 1 saturated heterocycles. The molecule has 1 atom stereocenters. The molecule has 126 valence electrons. The fraction of sp³-hybridized carbons (Fsp3) is 0.529. The summed E-state index contributed by atoms with van der Waals surface area (Å²) in [5, 5.41) is 5.30. The molecule has 2 rings (SSSR count). The second-order valence-corrected chi connectivity index (χ2v) is 5.50. The van der Waals surface area contributed by atoms with Gasteiger partial charge in [0.1, 0.15) is 12.4 Å². The summed E-state index contributed by atoms with van der Waals surface area (Å²) in [6, 6.07) is 6.87. The van der Waals surface area contributed by atoms with Crippen molar-refractivity contribution >= 4 is 11.8 Å². The van der Waals surface area contributed by atoms with Crippen molar-refractivity contribution < 1.29 is 19.1 Å². The molecule has 1 fully saturated rings. The van der Waals surface area contributed by atoms with Crippen LogP contribution in [-0.4, -0.2) is 44.2 Å². The van der Waals surface area contributed by atoms with Crippen molar-refractivity contribution in [3.63, 3.8) is 0 Å². The average Bonchev–Trinajstić information content (AvgIpc) is 3.10. The molecule has 0 radical (unpaired) electrons. The first-order chi connectivity index (χ1) is 11.2. The maximum absolute atomic E-state index is 11.9. The van der Waals surface area contributed by atoms with Crippen LogP contribution in [0, 0.1) is 0 Å². The first kappa shape index (κ1) is 17.3. The van der Waals surface area contributed by atoms with Crippen LogP contribution < -0.4 is 15.4 Å². The number of hydrogen-bond acceptors (Lipinski definition) is 4. The molecular formula is C17H24N2O4. The first-order valence-electron chi connectivity index (χ1n) is 8.08. The van der Waals surface area contributed by atoms with Gasteiger partial charge in [0.25, 0.3) is 5.91 Å². The Hall–Kier alpha value is -2.08. The Morgan fingerprint density at radius 3 is 2.70 bits per heavy atom. The Balaban J connectivity index is 1.74. The van der Waals surface area contributed by atoms with Gasteiger partial charge in [-0.25, -0.2) is 0 Å². The van der Waals surface area contributed by atoms with E-state index in [0.29, 0.717) is 24.5 Å². The third-order valence-corrected chi connectivity index (χ3v) is 3.56. The standard InChI is InChI=1S/C17H24N2O4/c1-2-9-18-16(20)11-19-17(21)13-5-7-14(8-6-13)23-12-15-4-3-10-22-15/h5-8,15H,2-4,9-12H2,1H3,(H,18,20)(H,19,21). The third-order valence-electron chi connectivity index (χ3n) is 3.56. The number of carbonyl (C=O) groups excluding carboxylic acids is 2. The zero-order valence-electron chi connectivity index (χ0n) is 13.5. The fourth-order valence-electron chi connectivity index (χ4n) is 2.26. The molecule has 1 aliphatic rings. The highest BCUT2D eigenvalue weighted by molar-refractivity contribution is 5.96. The van der Waals surface area contributed by atoms with Gasteiger partial charge < -0.3 is 20.1 Å². The molecule has 2 amide bonds. The van der Waals surface area contributed by atoms with E-state index in [1.807, 2.05) is 6.92 Å². The molecule has 0 bridgehead atoms. The van der Waals surface area contributed by atoms with Crippen LogP contribution in [0.2, 0.25) is 0 Å². The van der Waals surface area contributed by atoms with Crippen LogP contribution >= 0.6 is 0 Å². The number of amides is 2. The first-order valence-corrected chi connectivity index (χ1v) is 8.08. The van der Waals surface area contributed by atoms with Crippen LogP contribution in [0.4, 0.5) is 0 Å². The Morgan fingerprint density at radius 1 is 1.26 bits per heavy atom. The van der Waals surface area contributed by atoms with Crippen molar-refractivity contribution in [2.24, 2.45) is 0 Å². The molecule has 1 unspecified atom stereocenters. The topological polar surface area (TPSA) is 76.7 Å². The summed E-state index contributed by atoms with van der Waals surface area (Å²) in [5.41, 5.74) is 0.498. The molecule has 1 aromatic carbocycles. The lowest BCUT2D eigenvalue weighted by Gasteiger charge is -2.11. The molecule has 0 aliphatic carbocycles. The maximum Gasteiger partial charge on any atom is 0.251 e. The SMILES string of the molecule is CCCNC(=O)CNC(=O)c1ccc(OCC2CCCO2)cc1. The lowest BCUT2D eigenvalue weighted by Crippen LogP contribution is -2.37. The van der Waals surface area contributed by atoms with E-state index < -0.39 is 0 Å². The number of rotatable bonds is 8. The predicted molar refractivity (Wildman–Crippen MR) is 86.5 cm³/mol. The molecule has 1 heterocycles. The van der Waals surface area contributed by atoms with Crippen LogP contribution in [0.1, 0.15) is 36.5 Å². The van der Waals surface area contributed by atoms with Crippen molar-refractivity contribution in [3.8, 4) is 5.75 Å². The molecule has 0 aromatic heterocycles. The van der Waals surface area contributed by atoms with Gasteiger partial charge in [0.2, 0.25) is 5.91 Å². The van der Waals surface area contributed by atoms with Crippen LogP contribution in [0.25, 0.3) is 0 Å². The Labute approximate surface area is 136 Å². The Kier molecular flexibility index (Phi) is 6.87. The molecule has 1 aromatic rings. The monoisotopic (exact) mass is 320 g/mol. The molecule has 0 spiro atoms. The highest BCUT2D eigenvalue weighted by Gasteiger charge is 2.16. The summed E-state index contributed by atoms with van der Waals surface area (Å²) < 4.78 is 11.1. The second kappa shape index (κ2) is 9.15. The normalized spacial score (nSPS) is 16.8. The van der Waals surface area contributed by atoms with E-state index in [2.05, 4.69) is 10.6 Å². The van der Waals surface area contributed by atoms with Crippen molar-refractivity contribution in [3.05, 3.63) is 29.8 Å². The molecule has 0 saturated carbocycles. The van der Waals surface area contributed by atoms with Gasteiger partial charge >= 0.3 is 0 Å². The zero-order valence-corrected chi connectivity index (χ0v) is 13.5. The molecule has 6 heteroatoms. The molecule has 2 N–H and O–H groups in total. The number of nitrogens with one attached hydrogen (secondary N) is 2. The second-order valence-electron chi connectivity index (χ2n) is 5.50. The van der Waals surface area contributed by atoms with Crippen molar-refractivity contribution in [2.75, 3.05) is 26.3 Å². The smallest absolute Gasteiger partial charge is 0.251 e. The van der Waals surface area contributed by atoms with Crippen LogP contribution in [0.15, 0.2) is 24.3 Å². The van der Waals surface area contributed by atoms with E-state index in [0.717, 1.165) is 25.9 Å². The van der Waals surface area contributed by atoms with Crippen molar-refractivity contribution in [2.45, 2.75) is 32.3 Å². The molecule has 6 nitrogen and oxygen atoms in total. The summed E-state index contributed by atoms with van der Waals surface area (Å²) in [7, 11) is 0. The summed E-state index contributed by atoms with van der Waals surface area (Å²) in [6.07, 6.45) is 3.15. The zero-order chi connectivity index (χ0) is 16.5. The van der Waals surface area contributed by atoms with Gasteiger partial charge in [0.15, 0.2) is 0 Å². The van der Waals surface area contributed by atoms with E-state index in [-0.39, 0.29) is 24.5 Å². The fourth-order valence-corrected chi connectivity index (χ4v) is 2.26. The predicted octanol–water partition coefficient (Wildman–Crippen LogP) is 1.50. The number of hydrogen-bond donors (Lipinski definition) is 2. The number of carbonyl (C=O) groups is 2. The van der Waals surface area contributed by atoms with Crippen LogP contribution in [0.3, 0.4) is 0 Å². The molecule has 23 heavy (non-hydrogen) atoms. The van der Waals surface area contributed by atoms with Crippen molar-refractivity contribution in [1.29, 1.82) is 0 Å². The van der Waals surface area contributed by atoms with E-state index in [1.54, 1.807) is 24.3 Å². The van der Waals surface area contributed by atoms with Crippen LogP contribution in [-0.2, 0) is 9.53 Å². The van der Waals surface area contributed by atoms with Crippen LogP contribution in [0.5, 0.6) is 5.75 Å². The quantitative estimate of drug-likeness (QED) is 0.761. The van der Waals surface area contributed by atoms with Crippen molar-refractivity contribution in [1.82, 2.24) is 10.6 Å². The van der Waals surface area contributed by atoms with Gasteiger partial charge in [0.05, 0.1) is 12.6 Å². The van der Waals surface area contributed by atoms with Gasteiger partial charge in [0, 0.05) is 18.7 Å². The summed E-state index contributed by atoms with van der Waals surface area (Å²) in [5.74, 6) is 0.247. The van der Waals surface area contributed by atoms with Gasteiger partial charge in [-0.15, -0.1) is 0 Å². The van der Waals surface area contributed by atoms with Gasteiger partial charge in [-0.2, -0.15) is 0 Å². The minimum atomic E-state index is -0.276. The average molecular weight is 320 g/mol. The van der Waals surface area contributed by atoms with E-state index >= 15 is 0 Å². The largest absolute Gasteiger partial charge is 0.491 e. The minimum absolute atomic E-state index is 0.0178. The van der Waals surface area contributed by atoms with Gasteiger partial charge in [-0.05, 0) is 43.5 Å². The van der Waals surface area contributed by atoms with E-state index in [1.165, 1.54) is 0 Å². The highest BCUT2D eigenvalue weighted by atomic mass is 16.5. The summed E-state index contributed by atoms with van der Waals surface area (Å²) >= 11 is 0. The minimum Gasteiger partial charge on any atom is -0.491 e. The molecular weight excluding hydrogens is 296 g/mol.